The molecule has 0 saturated heterocycles. The average molecular weight is 413 g/mol. The minimum Gasteiger partial charge on any atom is -0.316 e. The molecule has 1 aromatic rings. The van der Waals surface area contributed by atoms with Crippen LogP contribution in [0.1, 0.15) is 29.7 Å². The fraction of sp³-hybridized carbons (Fsp3) is 0.615. The molecule has 2 aliphatic rings. The smallest absolute Gasteiger partial charge is 0.264 e. The van der Waals surface area contributed by atoms with Crippen LogP contribution in [0.2, 0.25) is 0 Å². The number of hydrogen-bond acceptors (Lipinski definition) is 6. The third-order valence-electron chi connectivity index (χ3n) is 4.02. The lowest BCUT2D eigenvalue weighted by Crippen LogP contribution is -2.38. The number of hydrogen-bond donors (Lipinski definition) is 2. The topological polar surface area (TPSA) is 109 Å². The van der Waals surface area contributed by atoms with E-state index in [2.05, 4.69) is 10.0 Å². The van der Waals surface area contributed by atoms with Crippen LogP contribution < -0.4 is 10.0 Å². The Balaban J connectivity index is 1.95. The first-order chi connectivity index (χ1) is 11.0. The number of sulfonamides is 1. The van der Waals surface area contributed by atoms with Crippen LogP contribution in [0.25, 0.3) is 0 Å². The Hall–Kier alpha value is -0.680. The molecule has 0 radical (unpaired) electrons. The second-order valence-corrected chi connectivity index (χ2v) is 11.6. The Labute approximate surface area is 149 Å². The number of carbonyl (C=O) groups excluding carboxylic acids is 1. The molecule has 1 saturated carbocycles. The first-order valence-electron chi connectivity index (χ1n) is 7.42. The predicted molar refractivity (Wildman–Crippen MR) is 92.5 cm³/mol. The lowest BCUT2D eigenvalue weighted by molar-refractivity contribution is -0.117. The molecule has 1 aromatic heterocycles. The minimum atomic E-state index is -4.06. The first-order valence-corrected chi connectivity index (χ1v) is 12.4. The molecule has 0 aliphatic heterocycles. The molecule has 0 bridgehead atoms. The zero-order chi connectivity index (χ0) is 17.7. The Kier molecular flexibility index (Phi) is 4.71. The van der Waals surface area contributed by atoms with Gasteiger partial charge in [-0.1, -0.05) is 0 Å². The molecular formula is C13H17ClN2O5S3. The lowest BCUT2D eigenvalue weighted by atomic mass is 9.95. The summed E-state index contributed by atoms with van der Waals surface area (Å²) in [5, 5.41) is 2.92. The van der Waals surface area contributed by atoms with Crippen molar-refractivity contribution in [2.24, 2.45) is 5.92 Å². The van der Waals surface area contributed by atoms with Crippen molar-refractivity contribution in [2.45, 2.75) is 43.0 Å². The van der Waals surface area contributed by atoms with Crippen LogP contribution >= 0.6 is 22.0 Å². The highest BCUT2D eigenvalue weighted by Gasteiger charge is 2.35. The summed E-state index contributed by atoms with van der Waals surface area (Å²) in [6.07, 6.45) is 4.01. The van der Waals surface area contributed by atoms with Gasteiger partial charge < -0.3 is 5.32 Å². The van der Waals surface area contributed by atoms with Crippen molar-refractivity contribution in [1.82, 2.24) is 4.72 Å². The highest BCUT2D eigenvalue weighted by atomic mass is 35.7. The molecule has 7 nitrogen and oxygen atoms in total. The molecule has 1 atom stereocenters. The molecule has 2 N–H and O–H groups in total. The molecule has 134 valence electrons. The van der Waals surface area contributed by atoms with Gasteiger partial charge in [-0.2, -0.15) is 0 Å². The number of amides is 1. The Morgan fingerprint density at radius 3 is 2.42 bits per heavy atom. The maximum absolute atomic E-state index is 12.0. The molecule has 1 heterocycles. The maximum Gasteiger partial charge on any atom is 0.264 e. The van der Waals surface area contributed by atoms with Gasteiger partial charge in [0.2, 0.25) is 15.9 Å². The molecule has 0 aromatic carbocycles. The van der Waals surface area contributed by atoms with Gasteiger partial charge in [0.05, 0.1) is 6.26 Å². The van der Waals surface area contributed by atoms with Gasteiger partial charge in [-0.15, -0.1) is 11.3 Å². The Bertz CT molecular complexity index is 887. The fourth-order valence-electron chi connectivity index (χ4n) is 2.86. The number of halogens is 1. The number of anilines is 1. The van der Waals surface area contributed by atoms with E-state index in [0.29, 0.717) is 18.4 Å². The van der Waals surface area contributed by atoms with E-state index in [-0.39, 0.29) is 34.2 Å². The molecule has 3 rings (SSSR count). The summed E-state index contributed by atoms with van der Waals surface area (Å²) in [7, 11) is -1.86. The van der Waals surface area contributed by atoms with Crippen LogP contribution in [-0.4, -0.2) is 35.0 Å². The normalized spacial score (nSPS) is 21.3. The monoisotopic (exact) mass is 412 g/mol. The lowest BCUT2D eigenvalue weighted by Gasteiger charge is -2.22. The van der Waals surface area contributed by atoms with E-state index < -0.39 is 19.1 Å². The van der Waals surface area contributed by atoms with Crippen LogP contribution in [0.5, 0.6) is 0 Å². The maximum atomic E-state index is 12.0. The summed E-state index contributed by atoms with van der Waals surface area (Å²) >= 11 is 1.21. The van der Waals surface area contributed by atoms with Crippen molar-refractivity contribution < 1.29 is 21.6 Å². The molecule has 1 fully saturated rings. The van der Waals surface area contributed by atoms with E-state index in [4.69, 9.17) is 10.7 Å². The number of aryl methyl sites for hydroxylation is 1. The fourth-order valence-corrected chi connectivity index (χ4v) is 6.75. The summed E-state index contributed by atoms with van der Waals surface area (Å²) in [5.74, 6) is -0.254. The zero-order valence-corrected chi connectivity index (χ0v) is 16.0. The molecule has 2 aliphatic carbocycles. The van der Waals surface area contributed by atoms with Gasteiger partial charge in [0.1, 0.15) is 9.90 Å². The van der Waals surface area contributed by atoms with E-state index >= 15 is 0 Å². The van der Waals surface area contributed by atoms with Crippen molar-refractivity contribution >= 4 is 52.0 Å². The van der Waals surface area contributed by atoms with Crippen LogP contribution in [0.15, 0.2) is 4.90 Å². The Morgan fingerprint density at radius 2 is 1.88 bits per heavy atom. The van der Waals surface area contributed by atoms with E-state index in [0.717, 1.165) is 24.0 Å². The Morgan fingerprint density at radius 1 is 1.21 bits per heavy atom. The van der Waals surface area contributed by atoms with E-state index in [1.807, 2.05) is 0 Å². The van der Waals surface area contributed by atoms with E-state index in [1.165, 1.54) is 11.3 Å². The second-order valence-electron chi connectivity index (χ2n) is 6.19. The molecular weight excluding hydrogens is 396 g/mol. The van der Waals surface area contributed by atoms with Crippen molar-refractivity contribution in [2.75, 3.05) is 11.6 Å². The van der Waals surface area contributed by atoms with Gasteiger partial charge in [0, 0.05) is 27.5 Å². The third kappa shape index (κ3) is 4.10. The van der Waals surface area contributed by atoms with Gasteiger partial charge >= 0.3 is 0 Å². The largest absolute Gasteiger partial charge is 0.316 e. The zero-order valence-electron chi connectivity index (χ0n) is 12.8. The number of rotatable bonds is 5. The van der Waals surface area contributed by atoms with Gasteiger partial charge in [-0.05, 0) is 37.7 Å². The number of thiophene rings is 1. The third-order valence-corrected chi connectivity index (χ3v) is 7.52. The number of nitrogens with one attached hydrogen (secondary N) is 2. The molecule has 24 heavy (non-hydrogen) atoms. The number of carbonyl (C=O) groups is 1. The SMILES string of the molecule is CS(=O)(=O)N[C@H]1CCc2sc(NC(=O)C3CC3)c(S(=O)(=O)Cl)c2C1. The van der Waals surface area contributed by atoms with Crippen LogP contribution in [0.3, 0.4) is 0 Å². The predicted octanol–water partition coefficient (Wildman–Crippen LogP) is 1.43. The summed E-state index contributed by atoms with van der Waals surface area (Å²) in [6, 6.07) is -0.383. The molecule has 11 heteroatoms. The van der Waals surface area contributed by atoms with Crippen molar-refractivity contribution in [3.63, 3.8) is 0 Å². The summed E-state index contributed by atoms with van der Waals surface area (Å²) in [6.45, 7) is 0. The first kappa shape index (κ1) is 18.1. The summed E-state index contributed by atoms with van der Waals surface area (Å²) in [4.78, 5) is 12.7. The standard InChI is InChI=1S/C13H17ClN2O5S3/c1-23(18,19)16-8-4-5-10-9(6-8)11(24(14,20)21)13(22-10)15-12(17)7-2-3-7/h7-8,16H,2-6H2,1H3,(H,15,17)/t8-/m0/s1. The molecule has 1 amide bonds. The van der Waals surface area contributed by atoms with Gasteiger partial charge in [-0.3, -0.25) is 4.79 Å². The van der Waals surface area contributed by atoms with Crippen molar-refractivity contribution in [3.05, 3.63) is 10.4 Å². The molecule has 0 unspecified atom stereocenters. The van der Waals surface area contributed by atoms with Gasteiger partial charge in [-0.25, -0.2) is 21.6 Å². The highest BCUT2D eigenvalue weighted by Crippen LogP contribution is 2.43. The highest BCUT2D eigenvalue weighted by molar-refractivity contribution is 8.14. The van der Waals surface area contributed by atoms with Gasteiger partial charge in [0.15, 0.2) is 0 Å². The second kappa shape index (κ2) is 6.24. The molecule has 0 spiro atoms. The van der Waals surface area contributed by atoms with Gasteiger partial charge in [0.25, 0.3) is 9.05 Å². The van der Waals surface area contributed by atoms with Crippen molar-refractivity contribution in [3.8, 4) is 0 Å². The number of fused-ring (bicyclic) bond motifs is 1. The summed E-state index contributed by atoms with van der Waals surface area (Å²) < 4.78 is 49.4. The minimum absolute atomic E-state index is 0.0605. The average Bonchev–Trinajstić information content (AvgIpc) is 3.18. The van der Waals surface area contributed by atoms with Crippen LogP contribution in [0, 0.1) is 5.92 Å². The van der Waals surface area contributed by atoms with E-state index in [1.54, 1.807) is 0 Å². The van der Waals surface area contributed by atoms with Crippen molar-refractivity contribution in [1.29, 1.82) is 0 Å². The van der Waals surface area contributed by atoms with Crippen LogP contribution in [0.4, 0.5) is 5.00 Å². The quantitative estimate of drug-likeness (QED) is 0.711. The summed E-state index contributed by atoms with van der Waals surface area (Å²) in [5.41, 5.74) is 0.508. The van der Waals surface area contributed by atoms with E-state index in [9.17, 15) is 21.6 Å². The van der Waals surface area contributed by atoms with Crippen LogP contribution in [-0.2, 0) is 36.7 Å².